The molecule has 0 N–H and O–H groups in total. The van der Waals surface area contributed by atoms with Crippen LogP contribution in [0, 0.1) is 0 Å². The van der Waals surface area contributed by atoms with Crippen LogP contribution in [0.4, 0.5) is 0 Å². The Morgan fingerprint density at radius 3 is 3.00 bits per heavy atom. The number of ketones is 1. The zero-order valence-electron chi connectivity index (χ0n) is 7.38. The highest BCUT2D eigenvalue weighted by Gasteiger charge is 2.02. The largest absolute Gasteiger partial charge is 0.299 e. The van der Waals surface area contributed by atoms with Crippen LogP contribution < -0.4 is 0 Å². The van der Waals surface area contributed by atoms with Crippen LogP contribution in [-0.4, -0.2) is 5.78 Å². The van der Waals surface area contributed by atoms with Crippen molar-refractivity contribution in [1.29, 1.82) is 0 Å². The predicted octanol–water partition coefficient (Wildman–Crippen LogP) is 3.05. The minimum atomic E-state index is 0.371. The van der Waals surface area contributed by atoms with E-state index in [0.717, 1.165) is 19.3 Å². The molecule has 0 fully saturated rings. The summed E-state index contributed by atoms with van der Waals surface area (Å²) in [6.07, 6.45) is 3.51. The van der Waals surface area contributed by atoms with Crippen molar-refractivity contribution in [1.82, 2.24) is 0 Å². The van der Waals surface area contributed by atoms with Gasteiger partial charge in [-0.15, -0.1) is 0 Å². The van der Waals surface area contributed by atoms with Gasteiger partial charge in [-0.25, -0.2) is 0 Å². The number of hydrogen-bond acceptors (Lipinski definition) is 2. The van der Waals surface area contributed by atoms with Crippen LogP contribution in [0.2, 0.25) is 0 Å². The molecule has 0 atom stereocenters. The van der Waals surface area contributed by atoms with Gasteiger partial charge in [0.1, 0.15) is 5.78 Å². The third-order valence-electron chi connectivity index (χ3n) is 1.79. The molecule has 0 aliphatic rings. The Morgan fingerprint density at radius 2 is 2.42 bits per heavy atom. The minimum Gasteiger partial charge on any atom is -0.299 e. The Kier molecular flexibility index (Phi) is 4.01. The molecule has 0 saturated carbocycles. The molecule has 2 heteroatoms. The van der Waals surface area contributed by atoms with Gasteiger partial charge in [0.05, 0.1) is 0 Å². The Balaban J connectivity index is 2.27. The first-order chi connectivity index (χ1) is 5.83. The lowest BCUT2D eigenvalue weighted by Crippen LogP contribution is -2.00. The van der Waals surface area contributed by atoms with Crippen molar-refractivity contribution in [3.05, 3.63) is 22.4 Å². The molecule has 0 amide bonds. The van der Waals surface area contributed by atoms with E-state index in [1.54, 1.807) is 11.3 Å². The van der Waals surface area contributed by atoms with Crippen LogP contribution in [0.15, 0.2) is 16.8 Å². The Hall–Kier alpha value is -0.630. The number of unbranched alkanes of at least 4 members (excludes halogenated alkanes) is 1. The second kappa shape index (κ2) is 5.09. The van der Waals surface area contributed by atoms with E-state index < -0.39 is 0 Å². The zero-order chi connectivity index (χ0) is 8.81. The molecule has 0 aliphatic carbocycles. The van der Waals surface area contributed by atoms with E-state index in [9.17, 15) is 4.79 Å². The van der Waals surface area contributed by atoms with Gasteiger partial charge in [0, 0.05) is 12.8 Å². The van der Waals surface area contributed by atoms with Gasteiger partial charge in [0.2, 0.25) is 0 Å². The smallest absolute Gasteiger partial charge is 0.137 e. The first-order valence-corrected chi connectivity index (χ1v) is 5.30. The van der Waals surface area contributed by atoms with Gasteiger partial charge in [-0.05, 0) is 28.8 Å². The van der Waals surface area contributed by atoms with Gasteiger partial charge in [0.15, 0.2) is 0 Å². The first kappa shape index (κ1) is 9.46. The molecule has 0 aliphatic heterocycles. The Bertz CT molecular complexity index is 226. The van der Waals surface area contributed by atoms with E-state index in [2.05, 4.69) is 6.92 Å². The summed E-state index contributed by atoms with van der Waals surface area (Å²) >= 11 is 1.65. The molecule has 0 unspecified atom stereocenters. The van der Waals surface area contributed by atoms with Gasteiger partial charge in [-0.1, -0.05) is 13.3 Å². The monoisotopic (exact) mass is 182 g/mol. The van der Waals surface area contributed by atoms with Crippen molar-refractivity contribution in [2.45, 2.75) is 32.6 Å². The maximum atomic E-state index is 11.3. The third-order valence-corrected chi connectivity index (χ3v) is 2.52. The normalized spacial score (nSPS) is 10.1. The summed E-state index contributed by atoms with van der Waals surface area (Å²) in [5, 5.41) is 4.06. The van der Waals surface area contributed by atoms with E-state index in [1.165, 1.54) is 5.56 Å². The summed E-state index contributed by atoms with van der Waals surface area (Å²) in [5.41, 5.74) is 1.17. The van der Waals surface area contributed by atoms with Gasteiger partial charge < -0.3 is 0 Å². The average molecular weight is 182 g/mol. The number of Topliss-reactive ketones (excluding diaryl/α,β-unsaturated/α-hetero) is 1. The number of carbonyl (C=O) groups is 1. The highest BCUT2D eigenvalue weighted by Crippen LogP contribution is 2.08. The van der Waals surface area contributed by atoms with Crippen molar-refractivity contribution in [2.75, 3.05) is 0 Å². The molecule has 12 heavy (non-hydrogen) atoms. The third kappa shape index (κ3) is 3.18. The quantitative estimate of drug-likeness (QED) is 0.684. The Morgan fingerprint density at radius 1 is 1.58 bits per heavy atom. The van der Waals surface area contributed by atoms with Gasteiger partial charge in [-0.3, -0.25) is 4.79 Å². The molecule has 1 nitrogen and oxygen atoms in total. The van der Waals surface area contributed by atoms with Crippen LogP contribution in [0.3, 0.4) is 0 Å². The number of thiophene rings is 1. The molecule has 1 aromatic rings. The molecule has 66 valence electrons. The fraction of sp³-hybridized carbons (Fsp3) is 0.500. The van der Waals surface area contributed by atoms with Gasteiger partial charge in [0.25, 0.3) is 0 Å². The maximum Gasteiger partial charge on any atom is 0.137 e. The summed E-state index contributed by atoms with van der Waals surface area (Å²) in [6, 6.07) is 2.02. The van der Waals surface area contributed by atoms with Crippen molar-refractivity contribution in [3.8, 4) is 0 Å². The van der Waals surface area contributed by atoms with Crippen molar-refractivity contribution >= 4 is 17.1 Å². The molecular weight excluding hydrogens is 168 g/mol. The summed E-state index contributed by atoms with van der Waals surface area (Å²) in [7, 11) is 0. The fourth-order valence-corrected chi connectivity index (χ4v) is 1.75. The van der Waals surface area contributed by atoms with Crippen LogP contribution in [0.5, 0.6) is 0 Å². The van der Waals surface area contributed by atoms with Crippen LogP contribution in [-0.2, 0) is 11.2 Å². The number of carbonyl (C=O) groups excluding carboxylic acids is 1. The number of rotatable bonds is 5. The van der Waals surface area contributed by atoms with Crippen LogP contribution in [0.1, 0.15) is 31.7 Å². The molecule has 0 radical (unpaired) electrons. The second-order valence-corrected chi connectivity index (χ2v) is 3.73. The van der Waals surface area contributed by atoms with Crippen molar-refractivity contribution in [3.63, 3.8) is 0 Å². The lowest BCUT2D eigenvalue weighted by Gasteiger charge is -1.96. The summed E-state index contributed by atoms with van der Waals surface area (Å²) < 4.78 is 0. The molecule has 0 spiro atoms. The first-order valence-electron chi connectivity index (χ1n) is 4.35. The lowest BCUT2D eigenvalue weighted by atomic mass is 10.1. The second-order valence-electron chi connectivity index (χ2n) is 2.95. The molecule has 0 saturated heterocycles. The highest BCUT2D eigenvalue weighted by molar-refractivity contribution is 7.07. The Labute approximate surface area is 77.4 Å². The van der Waals surface area contributed by atoms with Crippen LogP contribution >= 0.6 is 11.3 Å². The maximum absolute atomic E-state index is 11.3. The van der Waals surface area contributed by atoms with E-state index in [-0.39, 0.29) is 0 Å². The molecular formula is C10H14OS. The predicted molar refractivity (Wildman–Crippen MR) is 52.6 cm³/mol. The van der Waals surface area contributed by atoms with E-state index in [4.69, 9.17) is 0 Å². The fourth-order valence-electron chi connectivity index (χ4n) is 1.08. The zero-order valence-corrected chi connectivity index (χ0v) is 8.19. The summed E-state index contributed by atoms with van der Waals surface area (Å²) in [5.74, 6) is 0.371. The standard InChI is InChI=1S/C10H14OS/c1-2-3-4-10(11)7-9-5-6-12-8-9/h5-6,8H,2-4,7H2,1H3. The SMILES string of the molecule is CCCCC(=O)Cc1ccsc1. The van der Waals surface area contributed by atoms with Crippen molar-refractivity contribution in [2.24, 2.45) is 0 Å². The van der Waals surface area contributed by atoms with Gasteiger partial charge >= 0.3 is 0 Å². The highest BCUT2D eigenvalue weighted by atomic mass is 32.1. The minimum absolute atomic E-state index is 0.371. The molecule has 0 aromatic carbocycles. The van der Waals surface area contributed by atoms with Crippen LogP contribution in [0.25, 0.3) is 0 Å². The van der Waals surface area contributed by atoms with Gasteiger partial charge in [-0.2, -0.15) is 11.3 Å². The van der Waals surface area contributed by atoms with E-state index in [0.29, 0.717) is 12.2 Å². The average Bonchev–Trinajstić information content (AvgIpc) is 2.53. The molecule has 1 aromatic heterocycles. The van der Waals surface area contributed by atoms with E-state index >= 15 is 0 Å². The number of hydrogen-bond donors (Lipinski definition) is 0. The van der Waals surface area contributed by atoms with Crippen molar-refractivity contribution < 1.29 is 4.79 Å². The van der Waals surface area contributed by atoms with E-state index in [1.807, 2.05) is 16.8 Å². The summed E-state index contributed by atoms with van der Waals surface area (Å²) in [4.78, 5) is 11.3. The molecule has 1 rings (SSSR count). The summed E-state index contributed by atoms with van der Waals surface area (Å²) in [6.45, 7) is 2.11. The molecule has 0 bridgehead atoms. The lowest BCUT2D eigenvalue weighted by molar-refractivity contribution is -0.118. The molecule has 1 heterocycles. The topological polar surface area (TPSA) is 17.1 Å².